The molecule has 4 rings (SSSR count). The van der Waals surface area contributed by atoms with Crippen molar-refractivity contribution in [1.82, 2.24) is 9.03 Å². The van der Waals surface area contributed by atoms with E-state index in [1.165, 1.54) is 4.31 Å². The van der Waals surface area contributed by atoms with Crippen LogP contribution in [0.25, 0.3) is 5.70 Å². The first kappa shape index (κ1) is 22.8. The molecule has 3 aromatic rings. The van der Waals surface area contributed by atoms with E-state index in [4.69, 9.17) is 4.74 Å². The predicted molar refractivity (Wildman–Crippen MR) is 128 cm³/mol. The zero-order chi connectivity index (χ0) is 23.5. The molecule has 1 atom stereocenters. The lowest BCUT2D eigenvalue weighted by Gasteiger charge is -2.40. The highest BCUT2D eigenvalue weighted by Gasteiger charge is 2.50. The average Bonchev–Trinajstić information content (AvgIpc) is 2.82. The van der Waals surface area contributed by atoms with Gasteiger partial charge in [0.1, 0.15) is 0 Å². The topological polar surface area (TPSA) is 75.7 Å². The van der Waals surface area contributed by atoms with E-state index in [2.05, 4.69) is 4.72 Å². The summed E-state index contributed by atoms with van der Waals surface area (Å²) in [5.41, 5.74) is 1.52. The lowest BCUT2D eigenvalue weighted by Crippen LogP contribution is -2.58. The van der Waals surface area contributed by atoms with E-state index < -0.39 is 21.7 Å². The van der Waals surface area contributed by atoms with Crippen LogP contribution >= 0.6 is 0 Å². The second kappa shape index (κ2) is 9.21. The van der Waals surface area contributed by atoms with Gasteiger partial charge in [0.25, 0.3) is 0 Å². The fourth-order valence-electron chi connectivity index (χ4n) is 4.05. The van der Waals surface area contributed by atoms with Crippen molar-refractivity contribution < 1.29 is 17.9 Å². The van der Waals surface area contributed by atoms with Crippen LogP contribution in [0, 0.1) is 6.92 Å². The van der Waals surface area contributed by atoms with Gasteiger partial charge in [0.05, 0.1) is 18.8 Å². The van der Waals surface area contributed by atoms with E-state index in [0.29, 0.717) is 16.8 Å². The van der Waals surface area contributed by atoms with Crippen molar-refractivity contribution in [2.24, 2.45) is 0 Å². The summed E-state index contributed by atoms with van der Waals surface area (Å²) in [5.74, 6) is -0.671. The number of nitrogens with zero attached hydrogens (tertiary/aromatic N) is 1. The van der Waals surface area contributed by atoms with Gasteiger partial charge in [0, 0.05) is 0 Å². The van der Waals surface area contributed by atoms with Crippen LogP contribution in [0.15, 0.2) is 91.0 Å². The van der Waals surface area contributed by atoms with Gasteiger partial charge < -0.3 is 4.74 Å². The predicted octanol–water partition coefficient (Wildman–Crippen LogP) is 4.14. The molecule has 3 aromatic carbocycles. The van der Waals surface area contributed by atoms with Crippen molar-refractivity contribution >= 4 is 21.9 Å². The van der Waals surface area contributed by atoms with Crippen molar-refractivity contribution in [2.75, 3.05) is 6.61 Å². The van der Waals surface area contributed by atoms with Crippen LogP contribution in [-0.4, -0.2) is 25.3 Å². The van der Waals surface area contributed by atoms with Gasteiger partial charge in [-0.1, -0.05) is 84.9 Å². The normalized spacial score (nSPS) is 19.6. The lowest BCUT2D eigenvalue weighted by molar-refractivity contribution is -0.148. The molecule has 0 radical (unpaired) electrons. The number of carbonyl (C=O) groups excluding carboxylic acids is 1. The molecule has 33 heavy (non-hydrogen) atoms. The Hall–Kier alpha value is -3.42. The summed E-state index contributed by atoms with van der Waals surface area (Å²) in [6, 6.07) is 25.8. The van der Waals surface area contributed by atoms with Crippen LogP contribution in [0.4, 0.5) is 0 Å². The Bertz CT molecular complexity index is 1270. The van der Waals surface area contributed by atoms with Gasteiger partial charge in [-0.05, 0) is 42.2 Å². The molecule has 0 unspecified atom stereocenters. The van der Waals surface area contributed by atoms with Gasteiger partial charge in [-0.15, -0.1) is 0 Å². The standard InChI is InChI=1S/C26H26N2O4S/c1-3-32-25(29)26(23-17-11-10-12-20(23)2)18-24(22-15-8-5-9-16-22)28(33(30,31)27-26)19-21-13-6-4-7-14-21/h4-18,27H,3,19H2,1-2H3/t26-/m0/s1. The summed E-state index contributed by atoms with van der Waals surface area (Å²) in [7, 11) is -4.14. The minimum absolute atomic E-state index is 0.115. The molecule has 0 saturated carbocycles. The summed E-state index contributed by atoms with van der Waals surface area (Å²) >= 11 is 0. The third-order valence-electron chi connectivity index (χ3n) is 5.61. The van der Waals surface area contributed by atoms with E-state index in [1.807, 2.05) is 79.7 Å². The highest BCUT2D eigenvalue weighted by molar-refractivity contribution is 7.87. The maximum Gasteiger partial charge on any atom is 0.336 e. The number of benzene rings is 3. The number of hydrogen-bond acceptors (Lipinski definition) is 4. The molecule has 0 amide bonds. The third-order valence-corrected chi connectivity index (χ3v) is 7.09. The molecule has 1 heterocycles. The van der Waals surface area contributed by atoms with Gasteiger partial charge in [-0.25, -0.2) is 4.79 Å². The number of esters is 1. The summed E-state index contributed by atoms with van der Waals surface area (Å²) in [4.78, 5) is 13.4. The van der Waals surface area contributed by atoms with Crippen LogP contribution in [0.5, 0.6) is 0 Å². The molecular formula is C26H26N2O4S. The summed E-state index contributed by atoms with van der Waals surface area (Å²) in [6.07, 6.45) is 1.67. The molecule has 0 spiro atoms. The van der Waals surface area contributed by atoms with Crippen LogP contribution in [0.1, 0.15) is 29.2 Å². The average molecular weight is 463 g/mol. The van der Waals surface area contributed by atoms with Gasteiger partial charge in [-0.2, -0.15) is 13.1 Å². The van der Waals surface area contributed by atoms with E-state index in [0.717, 1.165) is 11.1 Å². The Morgan fingerprint density at radius 3 is 2.18 bits per heavy atom. The first-order valence-electron chi connectivity index (χ1n) is 10.7. The van der Waals surface area contributed by atoms with E-state index in [-0.39, 0.29) is 13.2 Å². The third kappa shape index (κ3) is 4.42. The van der Waals surface area contributed by atoms with Crippen LogP contribution < -0.4 is 4.72 Å². The summed E-state index contributed by atoms with van der Waals surface area (Å²) in [5, 5.41) is 0. The fraction of sp³-hybridized carbons (Fsp3) is 0.192. The molecule has 1 aliphatic heterocycles. The smallest absolute Gasteiger partial charge is 0.336 e. The quantitative estimate of drug-likeness (QED) is 0.559. The van der Waals surface area contributed by atoms with E-state index in [9.17, 15) is 13.2 Å². The van der Waals surface area contributed by atoms with Crippen molar-refractivity contribution in [3.05, 3.63) is 113 Å². The Morgan fingerprint density at radius 2 is 1.55 bits per heavy atom. The first-order valence-corrected chi connectivity index (χ1v) is 12.2. The number of aryl methyl sites for hydroxylation is 1. The van der Waals surface area contributed by atoms with E-state index >= 15 is 0 Å². The molecule has 1 N–H and O–H groups in total. The van der Waals surface area contributed by atoms with Gasteiger partial charge in [0.2, 0.25) is 0 Å². The van der Waals surface area contributed by atoms with Crippen molar-refractivity contribution in [3.8, 4) is 0 Å². The Kier molecular flexibility index (Phi) is 6.35. The van der Waals surface area contributed by atoms with Crippen LogP contribution in [0.2, 0.25) is 0 Å². The van der Waals surface area contributed by atoms with Gasteiger partial charge in [0.15, 0.2) is 5.54 Å². The number of hydrogen-bond donors (Lipinski definition) is 1. The highest BCUT2D eigenvalue weighted by atomic mass is 32.2. The Balaban J connectivity index is 1.98. The number of ether oxygens (including phenoxy) is 1. The van der Waals surface area contributed by atoms with E-state index in [1.54, 1.807) is 25.1 Å². The molecular weight excluding hydrogens is 436 g/mol. The monoisotopic (exact) mass is 462 g/mol. The molecule has 7 heteroatoms. The van der Waals surface area contributed by atoms with Crippen molar-refractivity contribution in [3.63, 3.8) is 0 Å². The largest absolute Gasteiger partial charge is 0.464 e. The molecule has 170 valence electrons. The molecule has 0 saturated heterocycles. The fourth-order valence-corrected chi connectivity index (χ4v) is 5.56. The van der Waals surface area contributed by atoms with Crippen molar-refractivity contribution in [1.29, 1.82) is 0 Å². The molecule has 6 nitrogen and oxygen atoms in total. The zero-order valence-electron chi connectivity index (χ0n) is 18.6. The maximum absolute atomic E-state index is 13.7. The Labute approximate surface area is 194 Å². The van der Waals surface area contributed by atoms with Gasteiger partial charge in [-0.3, -0.25) is 4.31 Å². The Morgan fingerprint density at radius 1 is 0.939 bits per heavy atom. The molecule has 0 aromatic heterocycles. The molecule has 0 bridgehead atoms. The molecule has 0 aliphatic carbocycles. The SMILES string of the molecule is CCOC(=O)[C@@]1(c2ccccc2C)C=C(c2ccccc2)N(Cc2ccccc2)S(=O)(=O)N1. The zero-order valence-corrected chi connectivity index (χ0v) is 19.4. The number of rotatable bonds is 6. The number of nitrogens with one attached hydrogen (secondary N) is 1. The second-order valence-corrected chi connectivity index (χ2v) is 9.43. The lowest BCUT2D eigenvalue weighted by atomic mass is 9.85. The minimum Gasteiger partial charge on any atom is -0.464 e. The second-order valence-electron chi connectivity index (χ2n) is 7.84. The van der Waals surface area contributed by atoms with Crippen molar-refractivity contribution in [2.45, 2.75) is 25.9 Å². The molecule has 1 aliphatic rings. The molecule has 0 fully saturated rings. The summed E-state index contributed by atoms with van der Waals surface area (Å²) in [6.45, 7) is 3.78. The minimum atomic E-state index is -4.14. The first-order chi connectivity index (χ1) is 15.9. The van der Waals surface area contributed by atoms with Crippen LogP contribution in [-0.2, 0) is 31.8 Å². The highest BCUT2D eigenvalue weighted by Crippen LogP contribution is 2.39. The summed E-state index contributed by atoms with van der Waals surface area (Å²) < 4.78 is 36.9. The van der Waals surface area contributed by atoms with Gasteiger partial charge >= 0.3 is 16.2 Å². The number of carbonyl (C=O) groups is 1. The van der Waals surface area contributed by atoms with Crippen LogP contribution in [0.3, 0.4) is 0 Å². The maximum atomic E-state index is 13.7.